The number of fused-ring (bicyclic) bond motifs is 1. The fraction of sp³-hybridized carbons (Fsp3) is 0.429. The summed E-state index contributed by atoms with van der Waals surface area (Å²) in [4.78, 5) is 3.93. The summed E-state index contributed by atoms with van der Waals surface area (Å²) in [6, 6.07) is 8.55. The molecule has 18 heavy (non-hydrogen) atoms. The van der Waals surface area contributed by atoms with Gasteiger partial charge in [-0.3, -0.25) is 4.90 Å². The number of hydrogen-bond donors (Lipinski definition) is 1. The van der Waals surface area contributed by atoms with Crippen LogP contribution in [0.15, 0.2) is 24.3 Å². The molecule has 2 aromatic rings. The van der Waals surface area contributed by atoms with E-state index in [-0.39, 0.29) is 0 Å². The normalized spacial score (nSPS) is 17.2. The molecule has 1 saturated heterocycles. The van der Waals surface area contributed by atoms with Crippen LogP contribution in [-0.2, 0) is 6.54 Å². The smallest absolute Gasteiger partial charge is 0.136 e. The SMILES string of the molecule is COc1cccc2cc(CN3CCNCC3)sc12. The van der Waals surface area contributed by atoms with Crippen molar-refractivity contribution in [3.8, 4) is 5.75 Å². The molecular weight excluding hydrogens is 244 g/mol. The van der Waals surface area contributed by atoms with Gasteiger partial charge in [0.05, 0.1) is 11.8 Å². The van der Waals surface area contributed by atoms with E-state index in [0.717, 1.165) is 38.5 Å². The van der Waals surface area contributed by atoms with Gasteiger partial charge in [0.2, 0.25) is 0 Å². The maximum Gasteiger partial charge on any atom is 0.136 e. The maximum absolute atomic E-state index is 5.42. The van der Waals surface area contributed by atoms with Crippen LogP contribution >= 0.6 is 11.3 Å². The van der Waals surface area contributed by atoms with Crippen molar-refractivity contribution in [2.75, 3.05) is 33.3 Å². The quantitative estimate of drug-likeness (QED) is 0.918. The third-order valence-electron chi connectivity index (χ3n) is 3.37. The van der Waals surface area contributed by atoms with Gasteiger partial charge in [-0.05, 0) is 17.5 Å². The third-order valence-corrected chi connectivity index (χ3v) is 4.52. The Morgan fingerprint density at radius 1 is 1.33 bits per heavy atom. The fourth-order valence-corrected chi connectivity index (χ4v) is 3.61. The van der Waals surface area contributed by atoms with Crippen molar-refractivity contribution in [3.63, 3.8) is 0 Å². The van der Waals surface area contributed by atoms with Crippen LogP contribution in [0.3, 0.4) is 0 Å². The van der Waals surface area contributed by atoms with Crippen molar-refractivity contribution in [2.45, 2.75) is 6.54 Å². The summed E-state index contributed by atoms with van der Waals surface area (Å²) >= 11 is 1.86. The van der Waals surface area contributed by atoms with E-state index < -0.39 is 0 Å². The molecule has 1 N–H and O–H groups in total. The van der Waals surface area contributed by atoms with Gasteiger partial charge >= 0.3 is 0 Å². The molecule has 1 aromatic heterocycles. The number of piperazine rings is 1. The number of methoxy groups -OCH3 is 1. The minimum absolute atomic E-state index is 0.990. The Labute approximate surface area is 111 Å². The summed E-state index contributed by atoms with van der Waals surface area (Å²) in [6.07, 6.45) is 0. The number of thiophene rings is 1. The van der Waals surface area contributed by atoms with Gasteiger partial charge < -0.3 is 10.1 Å². The Balaban J connectivity index is 1.84. The second-order valence-corrected chi connectivity index (χ2v) is 5.75. The predicted molar refractivity (Wildman–Crippen MR) is 76.5 cm³/mol. The summed E-state index contributed by atoms with van der Waals surface area (Å²) in [7, 11) is 1.74. The van der Waals surface area contributed by atoms with Crippen LogP contribution in [0.1, 0.15) is 4.88 Å². The van der Waals surface area contributed by atoms with E-state index in [1.807, 2.05) is 17.4 Å². The molecule has 0 saturated carbocycles. The lowest BCUT2D eigenvalue weighted by molar-refractivity contribution is 0.235. The van der Waals surface area contributed by atoms with Crippen LogP contribution in [0.4, 0.5) is 0 Å². The van der Waals surface area contributed by atoms with E-state index in [0.29, 0.717) is 0 Å². The predicted octanol–water partition coefficient (Wildman–Crippen LogP) is 2.32. The van der Waals surface area contributed by atoms with Gasteiger partial charge in [0.1, 0.15) is 5.75 Å². The minimum atomic E-state index is 0.990. The Kier molecular flexibility index (Phi) is 3.50. The third kappa shape index (κ3) is 2.36. The van der Waals surface area contributed by atoms with Crippen molar-refractivity contribution in [2.24, 2.45) is 0 Å². The molecule has 0 spiro atoms. The number of benzene rings is 1. The van der Waals surface area contributed by atoms with Gasteiger partial charge in [0.15, 0.2) is 0 Å². The fourth-order valence-electron chi connectivity index (χ4n) is 2.42. The van der Waals surface area contributed by atoms with Gasteiger partial charge in [-0.25, -0.2) is 0 Å². The number of nitrogens with zero attached hydrogens (tertiary/aromatic N) is 1. The summed E-state index contributed by atoms with van der Waals surface area (Å²) in [6.45, 7) is 5.56. The molecule has 96 valence electrons. The van der Waals surface area contributed by atoms with E-state index in [4.69, 9.17) is 4.74 Å². The number of ether oxygens (including phenoxy) is 1. The largest absolute Gasteiger partial charge is 0.495 e. The Bertz CT molecular complexity index is 532. The van der Waals surface area contributed by atoms with E-state index in [1.54, 1.807) is 7.11 Å². The highest BCUT2D eigenvalue weighted by Crippen LogP contribution is 2.33. The number of hydrogen-bond acceptors (Lipinski definition) is 4. The average Bonchev–Trinajstić information content (AvgIpc) is 2.82. The zero-order chi connectivity index (χ0) is 12.4. The van der Waals surface area contributed by atoms with Crippen LogP contribution in [0, 0.1) is 0 Å². The monoisotopic (exact) mass is 262 g/mol. The first-order valence-electron chi connectivity index (χ1n) is 6.35. The summed E-state index contributed by atoms with van der Waals surface area (Å²) in [5.41, 5.74) is 0. The molecular formula is C14H18N2OS. The zero-order valence-electron chi connectivity index (χ0n) is 10.6. The summed E-state index contributed by atoms with van der Waals surface area (Å²) in [5, 5.41) is 4.68. The molecule has 2 heterocycles. The van der Waals surface area contributed by atoms with Crippen LogP contribution in [0.2, 0.25) is 0 Å². The number of rotatable bonds is 3. The molecule has 4 heteroatoms. The van der Waals surface area contributed by atoms with Crippen LogP contribution < -0.4 is 10.1 Å². The maximum atomic E-state index is 5.42. The van der Waals surface area contributed by atoms with Gasteiger partial charge in [-0.2, -0.15) is 0 Å². The van der Waals surface area contributed by atoms with E-state index in [1.165, 1.54) is 15.0 Å². The van der Waals surface area contributed by atoms with E-state index >= 15 is 0 Å². The highest BCUT2D eigenvalue weighted by atomic mass is 32.1. The second-order valence-electron chi connectivity index (χ2n) is 4.62. The topological polar surface area (TPSA) is 24.5 Å². The molecule has 0 unspecified atom stereocenters. The van der Waals surface area contributed by atoms with Crippen molar-refractivity contribution < 1.29 is 4.74 Å². The minimum Gasteiger partial charge on any atom is -0.495 e. The van der Waals surface area contributed by atoms with E-state index in [9.17, 15) is 0 Å². The molecule has 0 bridgehead atoms. The Hall–Kier alpha value is -1.10. The molecule has 0 radical (unpaired) electrons. The van der Waals surface area contributed by atoms with Crippen molar-refractivity contribution in [3.05, 3.63) is 29.1 Å². The van der Waals surface area contributed by atoms with Crippen LogP contribution in [-0.4, -0.2) is 38.2 Å². The zero-order valence-corrected chi connectivity index (χ0v) is 11.4. The summed E-state index contributed by atoms with van der Waals surface area (Å²) < 4.78 is 6.69. The van der Waals surface area contributed by atoms with Gasteiger partial charge in [0.25, 0.3) is 0 Å². The van der Waals surface area contributed by atoms with Gasteiger partial charge in [-0.1, -0.05) is 12.1 Å². The molecule has 1 aromatic carbocycles. The standard InChI is InChI=1S/C14H18N2OS/c1-17-13-4-2-3-11-9-12(18-14(11)13)10-16-7-5-15-6-8-16/h2-4,9,15H,5-8,10H2,1H3. The first-order chi connectivity index (χ1) is 8.86. The highest BCUT2D eigenvalue weighted by Gasteiger charge is 2.12. The van der Waals surface area contributed by atoms with E-state index in [2.05, 4.69) is 28.4 Å². The number of nitrogens with one attached hydrogen (secondary N) is 1. The molecule has 3 nitrogen and oxygen atoms in total. The first-order valence-corrected chi connectivity index (χ1v) is 7.17. The van der Waals surface area contributed by atoms with Gasteiger partial charge in [0, 0.05) is 37.6 Å². The molecule has 0 aliphatic carbocycles. The van der Waals surface area contributed by atoms with Crippen LogP contribution in [0.5, 0.6) is 5.75 Å². The molecule has 0 atom stereocenters. The van der Waals surface area contributed by atoms with Crippen molar-refractivity contribution in [1.82, 2.24) is 10.2 Å². The lowest BCUT2D eigenvalue weighted by Crippen LogP contribution is -2.42. The highest BCUT2D eigenvalue weighted by molar-refractivity contribution is 7.19. The Morgan fingerprint density at radius 3 is 2.94 bits per heavy atom. The first kappa shape index (κ1) is 12.0. The van der Waals surface area contributed by atoms with Crippen LogP contribution in [0.25, 0.3) is 10.1 Å². The molecule has 1 aliphatic rings. The lowest BCUT2D eigenvalue weighted by Gasteiger charge is -2.26. The molecule has 1 fully saturated rings. The van der Waals surface area contributed by atoms with Crippen molar-refractivity contribution >= 4 is 21.4 Å². The van der Waals surface area contributed by atoms with Crippen molar-refractivity contribution in [1.29, 1.82) is 0 Å². The molecule has 1 aliphatic heterocycles. The lowest BCUT2D eigenvalue weighted by atomic mass is 10.2. The van der Waals surface area contributed by atoms with Gasteiger partial charge in [-0.15, -0.1) is 11.3 Å². The Morgan fingerprint density at radius 2 is 2.17 bits per heavy atom. The second kappa shape index (κ2) is 5.26. The summed E-state index contributed by atoms with van der Waals surface area (Å²) in [5.74, 6) is 0.990. The molecule has 0 amide bonds. The molecule has 3 rings (SSSR count). The average molecular weight is 262 g/mol.